The van der Waals surface area contributed by atoms with Gasteiger partial charge in [-0.15, -0.1) is 0 Å². The topological polar surface area (TPSA) is 23.5 Å². The first-order valence-electron chi connectivity index (χ1n) is 8.05. The minimum Gasteiger partial charge on any atom is -0.387 e. The lowest BCUT2D eigenvalue weighted by molar-refractivity contribution is 0.120. The van der Waals surface area contributed by atoms with E-state index in [4.69, 9.17) is 0 Å². The molecule has 0 saturated heterocycles. The zero-order valence-corrected chi connectivity index (χ0v) is 13.3. The zero-order chi connectivity index (χ0) is 15.5. The second kappa shape index (κ2) is 6.47. The molecule has 22 heavy (non-hydrogen) atoms. The molecule has 0 fully saturated rings. The van der Waals surface area contributed by atoms with E-state index in [0.717, 1.165) is 24.0 Å². The lowest BCUT2D eigenvalue weighted by Gasteiger charge is -2.23. The van der Waals surface area contributed by atoms with Crippen molar-refractivity contribution in [2.75, 3.05) is 19.6 Å². The van der Waals surface area contributed by atoms with E-state index in [1.807, 2.05) is 6.07 Å². The van der Waals surface area contributed by atoms with Crippen LogP contribution in [0.25, 0.3) is 21.5 Å². The van der Waals surface area contributed by atoms with Gasteiger partial charge >= 0.3 is 0 Å². The number of nitrogens with zero attached hydrogens (tertiary/aromatic N) is 1. The van der Waals surface area contributed by atoms with Crippen LogP contribution in [0.5, 0.6) is 0 Å². The Bertz CT molecular complexity index is 777. The van der Waals surface area contributed by atoms with Crippen molar-refractivity contribution in [1.29, 1.82) is 0 Å². The summed E-state index contributed by atoms with van der Waals surface area (Å²) < 4.78 is 0. The Labute approximate surface area is 132 Å². The number of hydrogen-bond acceptors (Lipinski definition) is 2. The van der Waals surface area contributed by atoms with E-state index in [9.17, 15) is 5.11 Å². The maximum Gasteiger partial charge on any atom is 0.0923 e. The molecule has 3 aromatic rings. The van der Waals surface area contributed by atoms with E-state index in [2.05, 4.69) is 67.3 Å². The van der Waals surface area contributed by atoms with Crippen LogP contribution in [0, 0.1) is 0 Å². The third-order valence-electron chi connectivity index (χ3n) is 4.48. The summed E-state index contributed by atoms with van der Waals surface area (Å²) in [5.41, 5.74) is 1.03. The fourth-order valence-electron chi connectivity index (χ4n) is 3.18. The van der Waals surface area contributed by atoms with Gasteiger partial charge in [-0.3, -0.25) is 0 Å². The maximum absolute atomic E-state index is 10.8. The highest BCUT2D eigenvalue weighted by Crippen LogP contribution is 2.32. The van der Waals surface area contributed by atoms with Crippen LogP contribution in [-0.4, -0.2) is 29.6 Å². The molecule has 0 aromatic heterocycles. The van der Waals surface area contributed by atoms with E-state index < -0.39 is 6.10 Å². The Morgan fingerprint density at radius 1 is 0.864 bits per heavy atom. The van der Waals surface area contributed by atoms with Gasteiger partial charge in [0, 0.05) is 6.54 Å². The third kappa shape index (κ3) is 2.72. The number of hydrogen-bond donors (Lipinski definition) is 1. The minimum absolute atomic E-state index is 0.464. The molecule has 0 unspecified atom stereocenters. The molecule has 0 bridgehead atoms. The number of benzene rings is 3. The maximum atomic E-state index is 10.8. The molecule has 1 N–H and O–H groups in total. The number of fused-ring (bicyclic) bond motifs is 3. The van der Waals surface area contributed by atoms with Crippen LogP contribution in [0.3, 0.4) is 0 Å². The number of likely N-dealkylation sites (N-methyl/N-ethyl adjacent to an activating group) is 1. The summed E-state index contributed by atoms with van der Waals surface area (Å²) in [6.45, 7) is 6.86. The Hall–Kier alpha value is -1.90. The fourth-order valence-corrected chi connectivity index (χ4v) is 3.18. The van der Waals surface area contributed by atoms with Crippen molar-refractivity contribution in [2.24, 2.45) is 0 Å². The SMILES string of the molecule is CCN(CC)C[C@H](O)c1cc2ccccc2c2ccccc12. The van der Waals surface area contributed by atoms with Crippen molar-refractivity contribution in [2.45, 2.75) is 20.0 Å². The van der Waals surface area contributed by atoms with Gasteiger partial charge in [0.15, 0.2) is 0 Å². The van der Waals surface area contributed by atoms with E-state index in [-0.39, 0.29) is 0 Å². The predicted molar refractivity (Wildman–Crippen MR) is 94.2 cm³/mol. The molecule has 0 aliphatic carbocycles. The molecule has 0 spiro atoms. The molecule has 2 nitrogen and oxygen atoms in total. The Morgan fingerprint density at radius 3 is 2.14 bits per heavy atom. The van der Waals surface area contributed by atoms with Gasteiger partial charge in [0.1, 0.15) is 0 Å². The Morgan fingerprint density at radius 2 is 1.45 bits per heavy atom. The van der Waals surface area contributed by atoms with E-state index >= 15 is 0 Å². The average Bonchev–Trinajstić information content (AvgIpc) is 2.58. The lowest BCUT2D eigenvalue weighted by atomic mass is 9.94. The van der Waals surface area contributed by atoms with Crippen LogP contribution < -0.4 is 0 Å². The van der Waals surface area contributed by atoms with E-state index in [1.165, 1.54) is 16.2 Å². The summed E-state index contributed by atoms with van der Waals surface area (Å²) >= 11 is 0. The minimum atomic E-state index is -0.464. The van der Waals surface area contributed by atoms with Gasteiger partial charge in [-0.2, -0.15) is 0 Å². The summed E-state index contributed by atoms with van der Waals surface area (Å²) in [4.78, 5) is 2.26. The van der Waals surface area contributed by atoms with Gasteiger partial charge in [0.05, 0.1) is 6.10 Å². The number of rotatable bonds is 5. The summed E-state index contributed by atoms with van der Waals surface area (Å²) in [6, 6.07) is 18.9. The first-order valence-corrected chi connectivity index (χ1v) is 8.05. The molecule has 3 aromatic carbocycles. The van der Waals surface area contributed by atoms with Gasteiger partial charge in [0.25, 0.3) is 0 Å². The van der Waals surface area contributed by atoms with Gasteiger partial charge < -0.3 is 10.0 Å². The number of aliphatic hydroxyl groups is 1. The van der Waals surface area contributed by atoms with Gasteiger partial charge in [-0.05, 0) is 46.3 Å². The highest BCUT2D eigenvalue weighted by Gasteiger charge is 2.15. The van der Waals surface area contributed by atoms with Crippen molar-refractivity contribution in [3.63, 3.8) is 0 Å². The Kier molecular flexibility index (Phi) is 4.41. The monoisotopic (exact) mass is 293 g/mol. The normalized spacial score (nSPS) is 13.1. The van der Waals surface area contributed by atoms with Crippen LogP contribution in [0.2, 0.25) is 0 Å². The number of aliphatic hydroxyl groups excluding tert-OH is 1. The summed E-state index contributed by atoms with van der Waals surface area (Å²) in [5.74, 6) is 0. The molecule has 0 heterocycles. The molecule has 3 rings (SSSR count). The average molecular weight is 293 g/mol. The summed E-state index contributed by atoms with van der Waals surface area (Å²) in [6.07, 6.45) is -0.464. The highest BCUT2D eigenvalue weighted by molar-refractivity contribution is 6.09. The molecule has 0 radical (unpaired) electrons. The van der Waals surface area contributed by atoms with E-state index in [0.29, 0.717) is 6.54 Å². The van der Waals surface area contributed by atoms with Crippen LogP contribution in [-0.2, 0) is 0 Å². The van der Waals surface area contributed by atoms with Crippen molar-refractivity contribution in [3.8, 4) is 0 Å². The van der Waals surface area contributed by atoms with Crippen LogP contribution >= 0.6 is 0 Å². The summed E-state index contributed by atoms with van der Waals surface area (Å²) in [5, 5.41) is 15.6. The fraction of sp³-hybridized carbons (Fsp3) is 0.300. The molecule has 114 valence electrons. The molecular formula is C20H23NO. The third-order valence-corrected chi connectivity index (χ3v) is 4.48. The molecule has 0 aliphatic rings. The second-order valence-electron chi connectivity index (χ2n) is 5.73. The zero-order valence-electron chi connectivity index (χ0n) is 13.3. The second-order valence-corrected chi connectivity index (χ2v) is 5.73. The smallest absolute Gasteiger partial charge is 0.0923 e. The molecule has 0 saturated carbocycles. The van der Waals surface area contributed by atoms with Crippen molar-refractivity contribution in [3.05, 3.63) is 60.2 Å². The lowest BCUT2D eigenvalue weighted by Crippen LogP contribution is -2.28. The largest absolute Gasteiger partial charge is 0.387 e. The quantitative estimate of drug-likeness (QED) is 0.706. The predicted octanol–water partition coefficient (Wildman–Crippen LogP) is 4.37. The van der Waals surface area contributed by atoms with Gasteiger partial charge in [-0.25, -0.2) is 0 Å². The molecule has 0 amide bonds. The van der Waals surface area contributed by atoms with Gasteiger partial charge in [0.2, 0.25) is 0 Å². The van der Waals surface area contributed by atoms with Crippen LogP contribution in [0.15, 0.2) is 54.6 Å². The highest BCUT2D eigenvalue weighted by atomic mass is 16.3. The van der Waals surface area contributed by atoms with E-state index in [1.54, 1.807) is 0 Å². The van der Waals surface area contributed by atoms with Crippen molar-refractivity contribution in [1.82, 2.24) is 4.90 Å². The Balaban J connectivity index is 2.15. The van der Waals surface area contributed by atoms with Crippen molar-refractivity contribution >= 4 is 21.5 Å². The first-order chi connectivity index (χ1) is 10.7. The molecule has 2 heteroatoms. The first kappa shape index (κ1) is 15.0. The molecule has 0 aliphatic heterocycles. The van der Waals surface area contributed by atoms with Gasteiger partial charge in [-0.1, -0.05) is 62.4 Å². The van der Waals surface area contributed by atoms with Crippen LogP contribution in [0.4, 0.5) is 0 Å². The van der Waals surface area contributed by atoms with Crippen LogP contribution in [0.1, 0.15) is 25.5 Å². The molecular weight excluding hydrogens is 270 g/mol. The van der Waals surface area contributed by atoms with Crippen molar-refractivity contribution < 1.29 is 5.11 Å². The molecule has 1 atom stereocenters. The summed E-state index contributed by atoms with van der Waals surface area (Å²) in [7, 11) is 0. The standard InChI is InChI=1S/C20H23NO/c1-3-21(4-2)14-20(22)19-13-15-9-5-6-10-16(15)17-11-7-8-12-18(17)19/h5-13,20,22H,3-4,14H2,1-2H3/t20-/m0/s1.